The van der Waals surface area contributed by atoms with Crippen LogP contribution in [0.2, 0.25) is 0 Å². The van der Waals surface area contributed by atoms with Gasteiger partial charge in [-0.25, -0.2) is 4.98 Å². The fourth-order valence-corrected chi connectivity index (χ4v) is 5.27. The summed E-state index contributed by atoms with van der Waals surface area (Å²) in [5.41, 5.74) is 4.23. The van der Waals surface area contributed by atoms with E-state index in [9.17, 15) is 10.1 Å². The van der Waals surface area contributed by atoms with E-state index in [1.807, 2.05) is 24.3 Å². The van der Waals surface area contributed by atoms with Crippen molar-refractivity contribution in [2.45, 2.75) is 44.9 Å². The van der Waals surface area contributed by atoms with Gasteiger partial charge in [0.1, 0.15) is 17.1 Å². The van der Waals surface area contributed by atoms with Gasteiger partial charge in [0.05, 0.1) is 11.2 Å². The molecule has 0 aliphatic carbocycles. The Morgan fingerprint density at radius 3 is 2.59 bits per heavy atom. The monoisotopic (exact) mass is 518 g/mol. The number of rotatable bonds is 3. The van der Waals surface area contributed by atoms with Gasteiger partial charge >= 0.3 is 0 Å². The summed E-state index contributed by atoms with van der Waals surface area (Å²) >= 11 is 3.50. The molecule has 1 saturated heterocycles. The fraction of sp³-hybridized carbons (Fsp3) is 0.370. The maximum atomic E-state index is 13.0. The van der Waals surface area contributed by atoms with Gasteiger partial charge in [0.15, 0.2) is 5.58 Å². The topological polar surface area (TPSA) is 75.1 Å². The summed E-state index contributed by atoms with van der Waals surface area (Å²) in [6, 6.07) is 14.3. The number of anilines is 1. The predicted molar refractivity (Wildman–Crippen MR) is 139 cm³/mol. The lowest BCUT2D eigenvalue weighted by molar-refractivity contribution is 0.292. The van der Waals surface area contributed by atoms with Gasteiger partial charge in [0.25, 0.3) is 5.56 Å². The minimum absolute atomic E-state index is 0.198. The summed E-state index contributed by atoms with van der Waals surface area (Å²) < 4.78 is 8.66. The van der Waals surface area contributed by atoms with E-state index >= 15 is 0 Å². The lowest BCUT2D eigenvalue weighted by Crippen LogP contribution is -2.42. The fourth-order valence-electron chi connectivity index (χ4n) is 4.92. The second kappa shape index (κ2) is 8.28. The maximum Gasteiger partial charge on any atom is 0.270 e. The predicted octanol–water partition coefficient (Wildman–Crippen LogP) is 6.00. The third kappa shape index (κ3) is 3.61. The smallest absolute Gasteiger partial charge is 0.270 e. The van der Waals surface area contributed by atoms with Gasteiger partial charge < -0.3 is 13.9 Å². The summed E-state index contributed by atoms with van der Waals surface area (Å²) in [5.74, 6) is 1.20. The van der Waals surface area contributed by atoms with E-state index in [1.165, 1.54) is 5.56 Å². The van der Waals surface area contributed by atoms with E-state index in [-0.39, 0.29) is 16.5 Å². The average molecular weight is 519 g/mol. The van der Waals surface area contributed by atoms with Crippen LogP contribution < -0.4 is 10.5 Å². The van der Waals surface area contributed by atoms with Crippen LogP contribution in [0.3, 0.4) is 0 Å². The number of halogens is 1. The molecule has 0 bridgehead atoms. The molecule has 4 aromatic rings. The number of nitriles is 1. The first kappa shape index (κ1) is 22.7. The molecule has 1 aliphatic heterocycles. The molecule has 2 aromatic carbocycles. The van der Waals surface area contributed by atoms with Crippen LogP contribution in [-0.2, 0) is 12.5 Å². The van der Waals surface area contributed by atoms with Crippen LogP contribution in [0.15, 0.2) is 50.1 Å². The van der Waals surface area contributed by atoms with Gasteiger partial charge in [0.2, 0.25) is 5.89 Å². The second-order valence-corrected chi connectivity index (χ2v) is 10.7. The highest BCUT2D eigenvalue weighted by Crippen LogP contribution is 2.40. The van der Waals surface area contributed by atoms with Crippen LogP contribution in [0, 0.1) is 11.3 Å². The summed E-state index contributed by atoms with van der Waals surface area (Å²) in [6.45, 7) is 7.96. The molecule has 0 spiro atoms. The second-order valence-electron chi connectivity index (χ2n) is 9.81. The van der Waals surface area contributed by atoms with Crippen LogP contribution in [0.25, 0.3) is 22.0 Å². The minimum Gasteiger partial charge on any atom is -0.440 e. The Morgan fingerprint density at radius 2 is 1.91 bits per heavy atom. The van der Waals surface area contributed by atoms with Crippen LogP contribution in [0.4, 0.5) is 5.69 Å². The summed E-state index contributed by atoms with van der Waals surface area (Å²) in [5, 5.41) is 10.8. The first-order valence-electron chi connectivity index (χ1n) is 11.6. The van der Waals surface area contributed by atoms with Gasteiger partial charge in [-0.3, -0.25) is 4.79 Å². The van der Waals surface area contributed by atoms with Crippen molar-refractivity contribution in [2.24, 2.45) is 7.05 Å². The lowest BCUT2D eigenvalue weighted by Gasteiger charge is -2.39. The van der Waals surface area contributed by atoms with Gasteiger partial charge in [-0.2, -0.15) is 5.26 Å². The highest BCUT2D eigenvalue weighted by Gasteiger charge is 2.37. The van der Waals surface area contributed by atoms with Crippen LogP contribution >= 0.6 is 15.9 Å². The first-order valence-corrected chi connectivity index (χ1v) is 12.4. The first-order chi connectivity index (χ1) is 16.2. The molecule has 174 valence electrons. The molecule has 0 unspecified atom stereocenters. The van der Waals surface area contributed by atoms with Gasteiger partial charge in [-0.05, 0) is 54.7 Å². The molecule has 0 radical (unpaired) electrons. The Labute approximate surface area is 206 Å². The standard InChI is InChI=1S/C27H27BrN4O2/c1-16(2)17-5-8-23-21(13-17)30-26(34-23)27(3)9-11-32(12-10-27)24-19-7-6-18(28)14-22(19)31(4)25(33)20(24)15-29/h5-8,13-14,16H,9-12H2,1-4H3. The molecule has 34 heavy (non-hydrogen) atoms. The molecule has 0 N–H and O–H groups in total. The maximum absolute atomic E-state index is 13.0. The van der Waals surface area contributed by atoms with E-state index < -0.39 is 0 Å². The normalized spacial score (nSPS) is 15.9. The zero-order chi connectivity index (χ0) is 24.2. The van der Waals surface area contributed by atoms with Crippen molar-refractivity contribution in [3.8, 4) is 6.07 Å². The molecule has 1 fully saturated rings. The molecular formula is C27H27BrN4O2. The van der Waals surface area contributed by atoms with Gasteiger partial charge in [-0.1, -0.05) is 42.8 Å². The number of nitrogens with zero attached hydrogens (tertiary/aromatic N) is 4. The van der Waals surface area contributed by atoms with Crippen molar-refractivity contribution in [3.63, 3.8) is 0 Å². The van der Waals surface area contributed by atoms with Crippen LogP contribution in [0.1, 0.15) is 56.5 Å². The number of piperidine rings is 1. The van der Waals surface area contributed by atoms with E-state index in [1.54, 1.807) is 11.6 Å². The largest absolute Gasteiger partial charge is 0.440 e. The van der Waals surface area contributed by atoms with E-state index in [2.05, 4.69) is 59.8 Å². The van der Waals surface area contributed by atoms with E-state index in [0.717, 1.165) is 50.9 Å². The summed E-state index contributed by atoms with van der Waals surface area (Å²) in [7, 11) is 1.72. The Morgan fingerprint density at radius 1 is 1.18 bits per heavy atom. The van der Waals surface area contributed by atoms with Gasteiger partial charge in [0, 0.05) is 35.4 Å². The van der Waals surface area contributed by atoms with Crippen LogP contribution in [-0.4, -0.2) is 22.6 Å². The Hall–Kier alpha value is -3.11. The number of hydrogen-bond donors (Lipinski definition) is 0. The molecule has 0 saturated carbocycles. The third-order valence-electron chi connectivity index (χ3n) is 7.22. The van der Waals surface area contributed by atoms with E-state index in [4.69, 9.17) is 9.40 Å². The molecule has 6 nitrogen and oxygen atoms in total. The SMILES string of the molecule is CC(C)c1ccc2oc(C3(C)CCN(c4c(C#N)c(=O)n(C)c5cc(Br)ccc45)CC3)nc2c1. The quantitative estimate of drug-likeness (QED) is 0.332. The van der Waals surface area contributed by atoms with E-state index in [0.29, 0.717) is 19.0 Å². The van der Waals surface area contributed by atoms with Crippen molar-refractivity contribution in [1.29, 1.82) is 5.26 Å². The minimum atomic E-state index is -0.267. The molecular weight excluding hydrogens is 492 g/mol. The summed E-state index contributed by atoms with van der Waals surface area (Å²) in [4.78, 5) is 20.0. The molecule has 0 amide bonds. The molecule has 7 heteroatoms. The molecule has 1 aliphatic rings. The number of fused-ring (bicyclic) bond motifs is 2. The molecule has 2 aromatic heterocycles. The van der Waals surface area contributed by atoms with Crippen molar-refractivity contribution >= 4 is 43.6 Å². The van der Waals surface area contributed by atoms with Crippen molar-refractivity contribution < 1.29 is 4.42 Å². The zero-order valence-electron chi connectivity index (χ0n) is 19.9. The lowest BCUT2D eigenvalue weighted by atomic mass is 9.80. The third-order valence-corrected chi connectivity index (χ3v) is 7.71. The molecule has 3 heterocycles. The number of aryl methyl sites for hydroxylation is 1. The Balaban J connectivity index is 1.50. The average Bonchev–Trinajstić information content (AvgIpc) is 3.26. The summed E-state index contributed by atoms with van der Waals surface area (Å²) in [6.07, 6.45) is 1.63. The van der Waals surface area contributed by atoms with Gasteiger partial charge in [-0.15, -0.1) is 0 Å². The Bertz CT molecular complexity index is 1520. The number of pyridine rings is 1. The number of hydrogen-bond acceptors (Lipinski definition) is 5. The van der Waals surface area contributed by atoms with Crippen molar-refractivity contribution in [1.82, 2.24) is 9.55 Å². The van der Waals surface area contributed by atoms with Crippen molar-refractivity contribution in [3.05, 3.63) is 68.2 Å². The highest BCUT2D eigenvalue weighted by molar-refractivity contribution is 9.10. The number of aromatic nitrogens is 2. The van der Waals surface area contributed by atoms with Crippen molar-refractivity contribution in [2.75, 3.05) is 18.0 Å². The van der Waals surface area contributed by atoms with Crippen LogP contribution in [0.5, 0.6) is 0 Å². The number of benzene rings is 2. The highest BCUT2D eigenvalue weighted by atomic mass is 79.9. The molecule has 0 atom stereocenters. The number of oxazole rings is 1. The zero-order valence-corrected chi connectivity index (χ0v) is 21.4. The molecule has 5 rings (SSSR count). The Kier molecular flexibility index (Phi) is 5.52.